The van der Waals surface area contributed by atoms with Crippen molar-refractivity contribution in [3.05, 3.63) is 41.6 Å². The highest BCUT2D eigenvalue weighted by Gasteiger charge is 2.19. The molecule has 1 fully saturated rings. The van der Waals surface area contributed by atoms with Gasteiger partial charge in [-0.05, 0) is 25.0 Å². The molecule has 1 aromatic heterocycles. The highest BCUT2D eigenvalue weighted by atomic mass is 16.2. The van der Waals surface area contributed by atoms with E-state index < -0.39 is 5.91 Å². The van der Waals surface area contributed by atoms with Gasteiger partial charge in [-0.2, -0.15) is 5.26 Å². The molecule has 0 unspecified atom stereocenters. The maximum absolute atomic E-state index is 12.5. The molecule has 0 bridgehead atoms. The van der Waals surface area contributed by atoms with E-state index in [1.807, 2.05) is 30.3 Å². The lowest BCUT2D eigenvalue weighted by Crippen LogP contribution is -2.36. The summed E-state index contributed by atoms with van der Waals surface area (Å²) in [4.78, 5) is 23.8. The van der Waals surface area contributed by atoms with Gasteiger partial charge in [-0.1, -0.05) is 37.5 Å². The Morgan fingerprint density at radius 1 is 1.27 bits per heavy atom. The molecule has 26 heavy (non-hydrogen) atoms. The summed E-state index contributed by atoms with van der Waals surface area (Å²) in [7, 11) is 0. The van der Waals surface area contributed by atoms with Crippen molar-refractivity contribution in [1.29, 1.82) is 5.26 Å². The maximum atomic E-state index is 12.5. The number of carbonyl (C=O) groups is 2. The molecule has 2 amide bonds. The van der Waals surface area contributed by atoms with Crippen LogP contribution in [0.1, 0.15) is 37.7 Å². The van der Waals surface area contributed by atoms with Crippen molar-refractivity contribution in [3.63, 3.8) is 0 Å². The number of hydrogen-bond acceptors (Lipinski definition) is 3. The number of rotatable bonds is 5. The smallest absolute Gasteiger partial charge is 0.262 e. The lowest BCUT2D eigenvalue weighted by molar-refractivity contribution is -0.119. The van der Waals surface area contributed by atoms with Crippen molar-refractivity contribution >= 4 is 28.8 Å². The lowest BCUT2D eigenvalue weighted by Gasteiger charge is -2.22. The molecular formula is C20H22N4O2. The number of primary amides is 1. The number of benzene rings is 1. The second-order valence-corrected chi connectivity index (χ2v) is 6.67. The van der Waals surface area contributed by atoms with E-state index in [2.05, 4.69) is 5.32 Å². The lowest BCUT2D eigenvalue weighted by atomic mass is 9.95. The van der Waals surface area contributed by atoms with Gasteiger partial charge in [0.2, 0.25) is 5.91 Å². The molecule has 1 aliphatic carbocycles. The molecule has 134 valence electrons. The molecule has 0 atom stereocenters. The summed E-state index contributed by atoms with van der Waals surface area (Å²) in [6.45, 7) is 0.0461. The van der Waals surface area contributed by atoms with Gasteiger partial charge in [-0.15, -0.1) is 0 Å². The minimum atomic E-state index is -0.447. The number of nitrogens with zero attached hydrogens (tertiary/aromatic N) is 2. The summed E-state index contributed by atoms with van der Waals surface area (Å²) in [6.07, 6.45) is 8.67. The third-order valence-corrected chi connectivity index (χ3v) is 4.75. The standard InChI is InChI=1S/C20H22N4O2/c21-11-14(20(26)23-16-6-2-1-3-7-16)10-15-12-24(13-19(22)25)18-9-5-4-8-17(15)18/h4-5,8-10,12,16H,1-3,6-7,13H2,(H2,22,25)(H,23,26)/b14-10-. The van der Waals surface area contributed by atoms with Gasteiger partial charge in [-0.25, -0.2) is 0 Å². The van der Waals surface area contributed by atoms with Crippen LogP contribution in [-0.4, -0.2) is 22.4 Å². The zero-order valence-corrected chi connectivity index (χ0v) is 14.6. The molecule has 0 radical (unpaired) electrons. The number of nitrogens with one attached hydrogen (secondary N) is 1. The summed E-state index contributed by atoms with van der Waals surface area (Å²) in [5, 5.41) is 13.3. The fourth-order valence-electron chi connectivity index (χ4n) is 3.50. The van der Waals surface area contributed by atoms with Crippen LogP contribution in [0.5, 0.6) is 0 Å². The largest absolute Gasteiger partial charge is 0.368 e. The molecule has 2 aromatic rings. The Hall–Kier alpha value is -3.07. The van der Waals surface area contributed by atoms with Crippen LogP contribution in [0.2, 0.25) is 0 Å². The summed E-state index contributed by atoms with van der Waals surface area (Å²) in [5.41, 5.74) is 6.94. The van der Waals surface area contributed by atoms with Gasteiger partial charge < -0.3 is 15.6 Å². The van der Waals surface area contributed by atoms with Crippen LogP contribution >= 0.6 is 0 Å². The highest BCUT2D eigenvalue weighted by Crippen LogP contribution is 2.24. The zero-order chi connectivity index (χ0) is 18.5. The Labute approximate surface area is 152 Å². The van der Waals surface area contributed by atoms with Crippen molar-refractivity contribution in [3.8, 4) is 6.07 Å². The van der Waals surface area contributed by atoms with E-state index in [9.17, 15) is 14.9 Å². The number of carbonyl (C=O) groups excluding carboxylic acids is 2. The molecule has 0 spiro atoms. The minimum absolute atomic E-state index is 0.0461. The van der Waals surface area contributed by atoms with Crippen molar-refractivity contribution < 1.29 is 9.59 Å². The Morgan fingerprint density at radius 3 is 2.69 bits per heavy atom. The van der Waals surface area contributed by atoms with Crippen molar-refractivity contribution in [2.24, 2.45) is 5.73 Å². The Bertz CT molecular complexity index is 898. The van der Waals surface area contributed by atoms with E-state index >= 15 is 0 Å². The van der Waals surface area contributed by atoms with E-state index in [4.69, 9.17) is 5.73 Å². The van der Waals surface area contributed by atoms with Gasteiger partial charge in [0, 0.05) is 28.7 Å². The normalized spacial score (nSPS) is 15.6. The first-order chi connectivity index (χ1) is 12.6. The number of hydrogen-bond donors (Lipinski definition) is 2. The van der Waals surface area contributed by atoms with E-state index in [0.29, 0.717) is 0 Å². The second kappa shape index (κ2) is 7.87. The first-order valence-electron chi connectivity index (χ1n) is 8.87. The predicted molar refractivity (Wildman–Crippen MR) is 99.7 cm³/mol. The number of nitrogens with two attached hydrogens (primary N) is 1. The number of fused-ring (bicyclic) bond motifs is 1. The quantitative estimate of drug-likeness (QED) is 0.640. The van der Waals surface area contributed by atoms with Crippen LogP contribution in [-0.2, 0) is 16.1 Å². The molecule has 3 rings (SSSR count). The first kappa shape index (κ1) is 17.7. The summed E-state index contributed by atoms with van der Waals surface area (Å²) >= 11 is 0. The average molecular weight is 350 g/mol. The van der Waals surface area contributed by atoms with Gasteiger partial charge in [0.1, 0.15) is 18.2 Å². The Balaban J connectivity index is 1.90. The van der Waals surface area contributed by atoms with Crippen LogP contribution in [0.25, 0.3) is 17.0 Å². The van der Waals surface area contributed by atoms with Gasteiger partial charge in [0.05, 0.1) is 0 Å². The van der Waals surface area contributed by atoms with E-state index in [1.165, 1.54) is 6.42 Å². The number of amides is 2. The van der Waals surface area contributed by atoms with Crippen molar-refractivity contribution in [1.82, 2.24) is 9.88 Å². The first-order valence-corrected chi connectivity index (χ1v) is 8.87. The summed E-state index contributed by atoms with van der Waals surface area (Å²) in [5.74, 6) is -0.789. The number of aromatic nitrogens is 1. The van der Waals surface area contributed by atoms with Crippen molar-refractivity contribution in [2.45, 2.75) is 44.7 Å². The topological polar surface area (TPSA) is 101 Å². The predicted octanol–water partition coefficient (Wildman–Crippen LogP) is 2.48. The van der Waals surface area contributed by atoms with E-state index in [1.54, 1.807) is 16.8 Å². The minimum Gasteiger partial charge on any atom is -0.368 e. The Morgan fingerprint density at radius 2 is 2.00 bits per heavy atom. The highest BCUT2D eigenvalue weighted by molar-refractivity contribution is 6.04. The molecule has 6 nitrogen and oxygen atoms in total. The molecule has 0 saturated heterocycles. The second-order valence-electron chi connectivity index (χ2n) is 6.67. The molecule has 1 saturated carbocycles. The van der Waals surface area contributed by atoms with Crippen LogP contribution in [0.4, 0.5) is 0 Å². The van der Waals surface area contributed by atoms with Gasteiger partial charge in [0.15, 0.2) is 0 Å². The molecule has 1 aromatic carbocycles. The maximum Gasteiger partial charge on any atom is 0.262 e. The zero-order valence-electron chi connectivity index (χ0n) is 14.6. The number of para-hydroxylation sites is 1. The fourth-order valence-corrected chi connectivity index (χ4v) is 3.50. The Kier molecular flexibility index (Phi) is 5.37. The van der Waals surface area contributed by atoms with Crippen LogP contribution in [0, 0.1) is 11.3 Å². The molecule has 3 N–H and O–H groups in total. The SMILES string of the molecule is N#C/C(=C/c1cn(CC(N)=O)c2ccccc12)C(=O)NC1CCCCC1. The fraction of sp³-hybridized carbons (Fsp3) is 0.350. The van der Waals surface area contributed by atoms with E-state index in [0.717, 1.165) is 42.1 Å². The third kappa shape index (κ3) is 3.94. The molecule has 0 aliphatic heterocycles. The molecule has 1 heterocycles. The molecule has 1 aliphatic rings. The van der Waals surface area contributed by atoms with E-state index in [-0.39, 0.29) is 24.1 Å². The average Bonchev–Trinajstić information content (AvgIpc) is 2.97. The third-order valence-electron chi connectivity index (χ3n) is 4.75. The van der Waals surface area contributed by atoms with Crippen molar-refractivity contribution in [2.75, 3.05) is 0 Å². The van der Waals surface area contributed by atoms with Crippen LogP contribution in [0.15, 0.2) is 36.0 Å². The van der Waals surface area contributed by atoms with Gasteiger partial charge in [-0.3, -0.25) is 9.59 Å². The summed E-state index contributed by atoms with van der Waals surface area (Å²) < 4.78 is 1.73. The molecule has 6 heteroatoms. The van der Waals surface area contributed by atoms with Crippen LogP contribution < -0.4 is 11.1 Å². The van der Waals surface area contributed by atoms with Crippen LogP contribution in [0.3, 0.4) is 0 Å². The monoisotopic (exact) mass is 350 g/mol. The van der Waals surface area contributed by atoms with Gasteiger partial charge >= 0.3 is 0 Å². The molecular weight excluding hydrogens is 328 g/mol. The summed E-state index contributed by atoms with van der Waals surface area (Å²) in [6, 6.07) is 9.67. The number of nitriles is 1. The van der Waals surface area contributed by atoms with Gasteiger partial charge in [0.25, 0.3) is 5.91 Å².